The monoisotopic (exact) mass is 258 g/mol. The van der Waals surface area contributed by atoms with Crippen molar-refractivity contribution in [1.29, 1.82) is 0 Å². The van der Waals surface area contributed by atoms with Crippen molar-refractivity contribution in [1.82, 2.24) is 5.43 Å². The maximum atomic E-state index is 12.5. The largest absolute Gasteiger partial charge is 0.373 e. The number of hydrogen-bond donors (Lipinski definition) is 2. The molecule has 17 heavy (non-hydrogen) atoms. The van der Waals surface area contributed by atoms with Crippen LogP contribution in [0, 0.1) is 5.92 Å². The summed E-state index contributed by atoms with van der Waals surface area (Å²) in [6.45, 7) is -1.35. The zero-order chi connectivity index (χ0) is 12.9. The smallest absolute Gasteiger partial charge is 0.330 e. The van der Waals surface area contributed by atoms with E-state index in [1.807, 2.05) is 0 Å². The van der Waals surface area contributed by atoms with E-state index < -0.39 is 19.0 Å². The van der Waals surface area contributed by atoms with E-state index in [2.05, 4.69) is 10.2 Å². The van der Waals surface area contributed by atoms with Gasteiger partial charge in [0, 0.05) is 6.04 Å². The van der Waals surface area contributed by atoms with Gasteiger partial charge in [-0.1, -0.05) is 12.8 Å². The van der Waals surface area contributed by atoms with E-state index in [4.69, 9.17) is 5.84 Å². The Labute approximate surface area is 97.7 Å². The normalized spacial score (nSPS) is 18.7. The fraction of sp³-hybridized carbons (Fsp3) is 1.00. The summed E-state index contributed by atoms with van der Waals surface area (Å²) in [4.78, 5) is 0. The molecule has 0 radical (unpaired) electrons. The fourth-order valence-corrected chi connectivity index (χ4v) is 1.46. The highest BCUT2D eigenvalue weighted by molar-refractivity contribution is 4.76. The number of alkyl halides is 4. The summed E-state index contributed by atoms with van der Waals surface area (Å²) in [5.74, 6) is 1.84. The van der Waals surface area contributed by atoms with Gasteiger partial charge >= 0.3 is 12.3 Å². The molecule has 1 fully saturated rings. The molecule has 1 unspecified atom stereocenters. The predicted octanol–water partition coefficient (Wildman–Crippen LogP) is 1.93. The Morgan fingerprint density at radius 3 is 2.47 bits per heavy atom. The number of rotatable bonds is 9. The zero-order valence-corrected chi connectivity index (χ0v) is 9.47. The zero-order valence-electron chi connectivity index (χ0n) is 9.47. The lowest BCUT2D eigenvalue weighted by Crippen LogP contribution is -2.41. The molecule has 7 heteroatoms. The van der Waals surface area contributed by atoms with E-state index in [1.165, 1.54) is 12.8 Å². The summed E-state index contributed by atoms with van der Waals surface area (Å²) in [5, 5.41) is 0. The molecule has 0 saturated heterocycles. The van der Waals surface area contributed by atoms with E-state index in [0.717, 1.165) is 6.42 Å². The van der Waals surface area contributed by atoms with Crippen LogP contribution < -0.4 is 11.3 Å². The Hall–Kier alpha value is -0.400. The number of ether oxygens (including phenoxy) is 1. The third-order valence-electron chi connectivity index (χ3n) is 2.79. The van der Waals surface area contributed by atoms with Gasteiger partial charge in [-0.25, -0.2) is 8.78 Å². The first-order valence-corrected chi connectivity index (χ1v) is 5.65. The summed E-state index contributed by atoms with van der Waals surface area (Å²) < 4.78 is 53.2. The van der Waals surface area contributed by atoms with Gasteiger partial charge in [0.25, 0.3) is 0 Å². The summed E-state index contributed by atoms with van der Waals surface area (Å²) >= 11 is 0. The number of hydrogen-bond acceptors (Lipinski definition) is 3. The van der Waals surface area contributed by atoms with Crippen LogP contribution in [0.3, 0.4) is 0 Å². The highest BCUT2D eigenvalue weighted by Gasteiger charge is 2.41. The van der Waals surface area contributed by atoms with Gasteiger partial charge in [-0.15, -0.1) is 0 Å². The maximum Gasteiger partial charge on any atom is 0.330 e. The van der Waals surface area contributed by atoms with E-state index in [9.17, 15) is 17.6 Å². The lowest BCUT2D eigenvalue weighted by molar-refractivity contribution is -0.167. The minimum absolute atomic E-state index is 0.0778. The molecule has 0 amide bonds. The second-order valence-electron chi connectivity index (χ2n) is 4.46. The van der Waals surface area contributed by atoms with Gasteiger partial charge in [0.1, 0.15) is 6.61 Å². The molecular weight excluding hydrogens is 240 g/mol. The molecule has 1 aliphatic carbocycles. The van der Waals surface area contributed by atoms with Gasteiger partial charge in [-0.2, -0.15) is 8.78 Å². The van der Waals surface area contributed by atoms with Crippen LogP contribution >= 0.6 is 0 Å². The SMILES string of the molecule is NNC(CCC1CC1)COCC(F)(F)C(F)F. The molecule has 0 aromatic carbocycles. The molecule has 1 aliphatic rings. The molecule has 1 saturated carbocycles. The molecule has 0 aliphatic heterocycles. The molecule has 0 spiro atoms. The van der Waals surface area contributed by atoms with Crippen molar-refractivity contribution in [2.75, 3.05) is 13.2 Å². The summed E-state index contributed by atoms with van der Waals surface area (Å²) in [7, 11) is 0. The van der Waals surface area contributed by atoms with Crippen molar-refractivity contribution in [3.8, 4) is 0 Å². The first-order chi connectivity index (χ1) is 7.95. The van der Waals surface area contributed by atoms with Crippen molar-refractivity contribution >= 4 is 0 Å². The van der Waals surface area contributed by atoms with Gasteiger partial charge in [-0.3, -0.25) is 11.3 Å². The molecule has 1 rings (SSSR count). The molecule has 0 bridgehead atoms. The molecule has 1 atom stereocenters. The van der Waals surface area contributed by atoms with Crippen LogP contribution in [0.25, 0.3) is 0 Å². The Morgan fingerprint density at radius 2 is 2.00 bits per heavy atom. The van der Waals surface area contributed by atoms with Crippen molar-refractivity contribution in [3.63, 3.8) is 0 Å². The highest BCUT2D eigenvalue weighted by atomic mass is 19.3. The number of nitrogens with two attached hydrogens (primary N) is 1. The Balaban J connectivity index is 2.13. The second-order valence-corrected chi connectivity index (χ2v) is 4.46. The molecular formula is C10H18F4N2O. The van der Waals surface area contributed by atoms with Gasteiger partial charge in [0.05, 0.1) is 6.61 Å². The van der Waals surface area contributed by atoms with Crippen LogP contribution in [0.1, 0.15) is 25.7 Å². The molecule has 0 aromatic heterocycles. The van der Waals surface area contributed by atoms with Crippen molar-refractivity contribution < 1.29 is 22.3 Å². The van der Waals surface area contributed by atoms with Crippen molar-refractivity contribution in [3.05, 3.63) is 0 Å². The molecule has 3 nitrogen and oxygen atoms in total. The summed E-state index contributed by atoms with van der Waals surface area (Å²) in [6.07, 6.45) is 0.368. The minimum Gasteiger partial charge on any atom is -0.373 e. The van der Waals surface area contributed by atoms with Crippen LogP contribution in [0.2, 0.25) is 0 Å². The Morgan fingerprint density at radius 1 is 1.35 bits per heavy atom. The fourth-order valence-electron chi connectivity index (χ4n) is 1.46. The predicted molar refractivity (Wildman–Crippen MR) is 54.8 cm³/mol. The maximum absolute atomic E-state index is 12.5. The number of nitrogens with one attached hydrogen (secondary N) is 1. The van der Waals surface area contributed by atoms with Crippen LogP contribution in [0.5, 0.6) is 0 Å². The third-order valence-corrected chi connectivity index (χ3v) is 2.79. The van der Waals surface area contributed by atoms with Gasteiger partial charge < -0.3 is 4.74 Å². The topological polar surface area (TPSA) is 47.3 Å². The quantitative estimate of drug-likeness (QED) is 0.377. The molecule has 0 heterocycles. The van der Waals surface area contributed by atoms with Gasteiger partial charge in [-0.05, 0) is 18.8 Å². The van der Waals surface area contributed by atoms with Crippen molar-refractivity contribution in [2.24, 2.45) is 11.8 Å². The van der Waals surface area contributed by atoms with E-state index in [0.29, 0.717) is 12.3 Å². The number of halogens is 4. The first-order valence-electron chi connectivity index (χ1n) is 5.65. The summed E-state index contributed by atoms with van der Waals surface area (Å²) in [6, 6.07) is -0.260. The number of hydrazine groups is 1. The average Bonchev–Trinajstić information content (AvgIpc) is 3.06. The second kappa shape index (κ2) is 6.51. The third kappa shape index (κ3) is 5.65. The van der Waals surface area contributed by atoms with Crippen molar-refractivity contribution in [2.45, 2.75) is 44.1 Å². The van der Waals surface area contributed by atoms with Gasteiger partial charge in [0.15, 0.2) is 0 Å². The Bertz CT molecular complexity index is 224. The first kappa shape index (κ1) is 14.7. The molecule has 102 valence electrons. The standard InChI is InChI=1S/C10H18F4N2O/c11-9(12)10(13,14)6-17-5-8(16-15)4-3-7-1-2-7/h7-9,16H,1-6,15H2. The van der Waals surface area contributed by atoms with E-state index in [-0.39, 0.29) is 12.6 Å². The van der Waals surface area contributed by atoms with Crippen LogP contribution in [0.4, 0.5) is 17.6 Å². The van der Waals surface area contributed by atoms with Crippen LogP contribution in [0.15, 0.2) is 0 Å². The van der Waals surface area contributed by atoms with E-state index in [1.54, 1.807) is 0 Å². The highest BCUT2D eigenvalue weighted by Crippen LogP contribution is 2.33. The van der Waals surface area contributed by atoms with Gasteiger partial charge in [0.2, 0.25) is 0 Å². The van der Waals surface area contributed by atoms with Crippen LogP contribution in [-0.4, -0.2) is 31.6 Å². The van der Waals surface area contributed by atoms with E-state index >= 15 is 0 Å². The lowest BCUT2D eigenvalue weighted by Gasteiger charge is -2.19. The minimum atomic E-state index is -4.09. The molecule has 3 N–H and O–H groups in total. The molecule has 0 aromatic rings. The lowest BCUT2D eigenvalue weighted by atomic mass is 10.1. The Kier molecular flexibility index (Phi) is 5.61. The summed E-state index contributed by atoms with van der Waals surface area (Å²) in [5.41, 5.74) is 2.44. The van der Waals surface area contributed by atoms with Crippen LogP contribution in [-0.2, 0) is 4.74 Å². The average molecular weight is 258 g/mol.